The van der Waals surface area contributed by atoms with Crippen LogP contribution in [-0.4, -0.2) is 28.6 Å². The minimum atomic E-state index is -4.88. The molecule has 1 aliphatic heterocycles. The number of halogens is 3. The summed E-state index contributed by atoms with van der Waals surface area (Å²) in [4.78, 5) is 24.0. The van der Waals surface area contributed by atoms with Gasteiger partial charge in [0.25, 0.3) is 5.91 Å². The molecule has 5 nitrogen and oxygen atoms in total. The first-order chi connectivity index (χ1) is 9.69. The Labute approximate surface area is 118 Å². The van der Waals surface area contributed by atoms with E-state index in [1.54, 1.807) is 5.32 Å². The van der Waals surface area contributed by atoms with Crippen molar-refractivity contribution >= 4 is 11.9 Å². The van der Waals surface area contributed by atoms with Crippen molar-refractivity contribution in [1.82, 2.24) is 10.2 Å². The van der Waals surface area contributed by atoms with Crippen LogP contribution in [0.25, 0.3) is 0 Å². The number of nitriles is 1. The third-order valence-electron chi connectivity index (χ3n) is 3.27. The van der Waals surface area contributed by atoms with E-state index in [2.05, 4.69) is 0 Å². The van der Waals surface area contributed by atoms with Crippen LogP contribution >= 0.6 is 0 Å². The molecular weight excluding hydrogens is 287 g/mol. The van der Waals surface area contributed by atoms with Crippen LogP contribution in [0.4, 0.5) is 18.0 Å². The highest BCUT2D eigenvalue weighted by atomic mass is 19.4. The van der Waals surface area contributed by atoms with Gasteiger partial charge in [0.1, 0.15) is 0 Å². The summed E-state index contributed by atoms with van der Waals surface area (Å²) in [6.45, 7) is 0.341. The van der Waals surface area contributed by atoms with Crippen molar-refractivity contribution < 1.29 is 22.8 Å². The predicted octanol–water partition coefficient (Wildman–Crippen LogP) is 1.93. The second kappa shape index (κ2) is 4.77. The molecule has 1 aliphatic rings. The van der Waals surface area contributed by atoms with Crippen molar-refractivity contribution in [2.24, 2.45) is 0 Å². The van der Waals surface area contributed by atoms with Gasteiger partial charge in [-0.05, 0) is 24.6 Å². The van der Waals surface area contributed by atoms with E-state index in [1.807, 2.05) is 6.07 Å². The molecule has 2 rings (SSSR count). The Balaban J connectivity index is 2.23. The minimum absolute atomic E-state index is 0.290. The summed E-state index contributed by atoms with van der Waals surface area (Å²) in [6, 6.07) is 6.66. The number of benzene rings is 1. The van der Waals surface area contributed by atoms with Crippen LogP contribution in [0.5, 0.6) is 0 Å². The maximum Gasteiger partial charge on any atom is 0.420 e. The molecule has 21 heavy (non-hydrogen) atoms. The summed E-state index contributed by atoms with van der Waals surface area (Å²) in [5.74, 6) is -1.34. The number of alkyl halides is 3. The number of nitrogens with one attached hydrogen (secondary N) is 1. The Morgan fingerprint density at radius 1 is 1.29 bits per heavy atom. The molecule has 0 spiro atoms. The minimum Gasteiger partial charge on any atom is -0.316 e. The van der Waals surface area contributed by atoms with Gasteiger partial charge in [0, 0.05) is 0 Å². The number of rotatable bonds is 2. The Kier molecular flexibility index (Phi) is 3.37. The number of nitrogens with zero attached hydrogens (tertiary/aromatic N) is 2. The highest BCUT2D eigenvalue weighted by Crippen LogP contribution is 2.35. The maximum absolute atomic E-state index is 12.9. The second-order valence-corrected chi connectivity index (χ2v) is 4.75. The fourth-order valence-corrected chi connectivity index (χ4v) is 1.90. The zero-order valence-corrected chi connectivity index (χ0v) is 10.9. The topological polar surface area (TPSA) is 73.2 Å². The van der Waals surface area contributed by atoms with Crippen molar-refractivity contribution in [3.05, 3.63) is 35.4 Å². The molecule has 1 fully saturated rings. The van der Waals surface area contributed by atoms with E-state index >= 15 is 0 Å². The fraction of sp³-hybridized carbons (Fsp3) is 0.308. The molecule has 1 unspecified atom stereocenters. The molecule has 3 amide bonds. The van der Waals surface area contributed by atoms with Crippen molar-refractivity contribution in [3.63, 3.8) is 0 Å². The second-order valence-electron chi connectivity index (χ2n) is 4.75. The van der Waals surface area contributed by atoms with Gasteiger partial charge in [-0.25, -0.2) is 4.79 Å². The largest absolute Gasteiger partial charge is 0.420 e. The van der Waals surface area contributed by atoms with Gasteiger partial charge in [0.15, 0.2) is 0 Å². The standard InChI is InChI=1S/C13H10F3N3O2/c1-12(13(14,15)16)10(20)19(11(21)18-12)7-9-4-2-8(6-17)3-5-9/h2-5H,7H2,1H3,(H,18,21). The normalized spacial score (nSPS) is 22.1. The Morgan fingerprint density at radius 3 is 2.29 bits per heavy atom. The summed E-state index contributed by atoms with van der Waals surface area (Å²) in [5, 5.41) is 10.3. The number of hydrogen-bond acceptors (Lipinski definition) is 3. The number of hydrogen-bond donors (Lipinski definition) is 1. The summed E-state index contributed by atoms with van der Waals surface area (Å²) in [5.41, 5.74) is -2.09. The highest BCUT2D eigenvalue weighted by Gasteiger charge is 2.64. The van der Waals surface area contributed by atoms with Crippen molar-refractivity contribution in [3.8, 4) is 6.07 Å². The smallest absolute Gasteiger partial charge is 0.316 e. The fourth-order valence-electron chi connectivity index (χ4n) is 1.90. The first kappa shape index (κ1) is 14.8. The zero-order valence-electron chi connectivity index (χ0n) is 10.9. The first-order valence-electron chi connectivity index (χ1n) is 5.89. The number of urea groups is 1. The monoisotopic (exact) mass is 297 g/mol. The average Bonchev–Trinajstić information content (AvgIpc) is 2.64. The molecule has 0 radical (unpaired) electrons. The third kappa shape index (κ3) is 2.42. The quantitative estimate of drug-likeness (QED) is 0.848. The molecule has 110 valence electrons. The van der Waals surface area contributed by atoms with Crippen LogP contribution in [0.1, 0.15) is 18.1 Å². The van der Waals surface area contributed by atoms with Crippen molar-refractivity contribution in [2.45, 2.75) is 25.2 Å². The SMILES string of the molecule is CC1(C(F)(F)F)NC(=O)N(Cc2ccc(C#N)cc2)C1=O. The molecule has 0 aromatic heterocycles. The molecule has 8 heteroatoms. The van der Waals surface area contributed by atoms with Gasteiger partial charge in [-0.3, -0.25) is 9.69 Å². The van der Waals surface area contributed by atoms with E-state index in [0.717, 1.165) is 0 Å². The van der Waals surface area contributed by atoms with Gasteiger partial charge in [-0.15, -0.1) is 0 Å². The lowest BCUT2D eigenvalue weighted by molar-refractivity contribution is -0.191. The number of carbonyl (C=O) groups is 2. The lowest BCUT2D eigenvalue weighted by Crippen LogP contribution is -2.56. The highest BCUT2D eigenvalue weighted by molar-refractivity contribution is 6.07. The lowest BCUT2D eigenvalue weighted by atomic mass is 10.0. The van der Waals surface area contributed by atoms with Crippen LogP contribution in [0, 0.1) is 11.3 Å². The van der Waals surface area contributed by atoms with E-state index in [9.17, 15) is 22.8 Å². The Hall–Kier alpha value is -2.56. The molecule has 1 N–H and O–H groups in total. The zero-order chi connectivity index (χ0) is 15.8. The molecule has 0 aliphatic carbocycles. The summed E-state index contributed by atoms with van der Waals surface area (Å²) >= 11 is 0. The number of imide groups is 1. The lowest BCUT2D eigenvalue weighted by Gasteiger charge is -2.24. The summed E-state index contributed by atoms with van der Waals surface area (Å²) in [6.07, 6.45) is -4.88. The van der Waals surface area contributed by atoms with Gasteiger partial charge in [-0.1, -0.05) is 12.1 Å². The summed E-state index contributed by atoms with van der Waals surface area (Å²) in [7, 11) is 0. The van der Waals surface area contributed by atoms with Gasteiger partial charge in [0.2, 0.25) is 5.54 Å². The predicted molar refractivity (Wildman–Crippen MR) is 64.7 cm³/mol. The number of amides is 3. The van der Waals surface area contributed by atoms with Crippen LogP contribution in [-0.2, 0) is 11.3 Å². The first-order valence-corrected chi connectivity index (χ1v) is 5.89. The van der Waals surface area contributed by atoms with E-state index in [1.165, 1.54) is 24.3 Å². The molecule has 1 aromatic rings. The average molecular weight is 297 g/mol. The molecular formula is C13H10F3N3O2. The van der Waals surface area contributed by atoms with E-state index < -0.39 is 23.7 Å². The van der Waals surface area contributed by atoms with Gasteiger partial charge in [-0.2, -0.15) is 18.4 Å². The van der Waals surface area contributed by atoms with E-state index in [-0.39, 0.29) is 6.54 Å². The summed E-state index contributed by atoms with van der Waals surface area (Å²) < 4.78 is 38.6. The van der Waals surface area contributed by atoms with Gasteiger partial charge >= 0.3 is 12.2 Å². The molecule has 1 aromatic carbocycles. The van der Waals surface area contributed by atoms with Gasteiger partial charge in [0.05, 0.1) is 18.2 Å². The molecule has 1 heterocycles. The molecule has 1 atom stereocenters. The third-order valence-corrected chi connectivity index (χ3v) is 3.27. The van der Waals surface area contributed by atoms with E-state index in [0.29, 0.717) is 23.0 Å². The van der Waals surface area contributed by atoms with E-state index in [4.69, 9.17) is 5.26 Å². The molecule has 0 saturated carbocycles. The Morgan fingerprint density at radius 2 is 1.86 bits per heavy atom. The van der Waals surface area contributed by atoms with Crippen LogP contribution in [0.3, 0.4) is 0 Å². The molecule has 1 saturated heterocycles. The van der Waals surface area contributed by atoms with Crippen LogP contribution in [0.15, 0.2) is 24.3 Å². The van der Waals surface area contributed by atoms with Crippen LogP contribution in [0.2, 0.25) is 0 Å². The Bertz CT molecular complexity index is 634. The van der Waals surface area contributed by atoms with Crippen molar-refractivity contribution in [2.75, 3.05) is 0 Å². The van der Waals surface area contributed by atoms with Gasteiger partial charge < -0.3 is 5.32 Å². The maximum atomic E-state index is 12.9. The van der Waals surface area contributed by atoms with Crippen LogP contribution < -0.4 is 5.32 Å². The number of carbonyl (C=O) groups excluding carboxylic acids is 2. The van der Waals surface area contributed by atoms with Crippen molar-refractivity contribution in [1.29, 1.82) is 5.26 Å². The molecule has 0 bridgehead atoms.